The minimum Gasteiger partial charge on any atom is -0.454 e. The van der Waals surface area contributed by atoms with Gasteiger partial charge in [0.15, 0.2) is 11.5 Å². The van der Waals surface area contributed by atoms with Crippen LogP contribution in [-0.2, 0) is 21.4 Å². The first-order valence-electron chi connectivity index (χ1n) is 10.9. The lowest BCUT2D eigenvalue weighted by Crippen LogP contribution is -2.56. The van der Waals surface area contributed by atoms with Crippen molar-refractivity contribution < 1.29 is 22.7 Å². The summed E-state index contributed by atoms with van der Waals surface area (Å²) in [6.45, 7) is 7.15. The van der Waals surface area contributed by atoms with E-state index in [-0.39, 0.29) is 23.5 Å². The SMILES string of the molecule is CC(C)C(NS(=O)(=O)c1ccc(Cl)cc1)C(=O)N1CCN(Cc2ccc3c(c2)OCO3)CC1. The molecule has 1 N–H and O–H groups in total. The van der Waals surface area contributed by atoms with Crippen LogP contribution >= 0.6 is 11.6 Å². The van der Waals surface area contributed by atoms with Gasteiger partial charge in [-0.15, -0.1) is 0 Å². The summed E-state index contributed by atoms with van der Waals surface area (Å²) in [4.78, 5) is 17.3. The van der Waals surface area contributed by atoms with Crippen molar-refractivity contribution in [1.29, 1.82) is 0 Å². The van der Waals surface area contributed by atoms with Gasteiger partial charge in [-0.2, -0.15) is 4.72 Å². The van der Waals surface area contributed by atoms with E-state index in [0.717, 1.165) is 23.6 Å². The summed E-state index contributed by atoms with van der Waals surface area (Å²) in [6, 6.07) is 11.0. The number of fused-ring (bicyclic) bond motifs is 1. The Hall–Kier alpha value is -2.33. The summed E-state index contributed by atoms with van der Waals surface area (Å²) < 4.78 is 39.1. The molecule has 0 aliphatic carbocycles. The van der Waals surface area contributed by atoms with Gasteiger partial charge in [-0.1, -0.05) is 31.5 Å². The van der Waals surface area contributed by atoms with Crippen molar-refractivity contribution in [2.75, 3.05) is 33.0 Å². The number of hydrogen-bond donors (Lipinski definition) is 1. The number of amides is 1. The molecule has 0 spiro atoms. The molecular weight excluding hydrogens is 466 g/mol. The third-order valence-corrected chi connectivity index (χ3v) is 7.57. The highest BCUT2D eigenvalue weighted by atomic mass is 35.5. The highest BCUT2D eigenvalue weighted by Gasteiger charge is 2.33. The van der Waals surface area contributed by atoms with Gasteiger partial charge in [0.05, 0.1) is 4.90 Å². The zero-order valence-corrected chi connectivity index (χ0v) is 20.2. The molecular formula is C23H28ClN3O5S. The number of nitrogens with zero attached hydrogens (tertiary/aromatic N) is 2. The normalized spacial score (nSPS) is 17.4. The van der Waals surface area contributed by atoms with Crippen molar-refractivity contribution in [2.45, 2.75) is 31.3 Å². The molecule has 2 aromatic carbocycles. The molecule has 0 saturated carbocycles. The number of rotatable bonds is 7. The molecule has 1 saturated heterocycles. The van der Waals surface area contributed by atoms with Crippen LogP contribution in [0.5, 0.6) is 11.5 Å². The van der Waals surface area contributed by atoms with Crippen LogP contribution < -0.4 is 14.2 Å². The standard InChI is InChI=1S/C23H28ClN3O5S/c1-16(2)22(25-33(29,30)19-6-4-18(24)5-7-19)23(28)27-11-9-26(10-12-27)14-17-3-8-20-21(13-17)32-15-31-20/h3-8,13,16,22,25H,9-12,14-15H2,1-2H3. The summed E-state index contributed by atoms with van der Waals surface area (Å²) in [6.07, 6.45) is 0. The monoisotopic (exact) mass is 493 g/mol. The lowest BCUT2D eigenvalue weighted by molar-refractivity contribution is -0.135. The quantitative estimate of drug-likeness (QED) is 0.638. The van der Waals surface area contributed by atoms with Crippen molar-refractivity contribution in [1.82, 2.24) is 14.5 Å². The molecule has 8 nitrogen and oxygen atoms in total. The van der Waals surface area contributed by atoms with E-state index in [9.17, 15) is 13.2 Å². The first kappa shape index (κ1) is 23.8. The van der Waals surface area contributed by atoms with Crippen LogP contribution in [0.4, 0.5) is 0 Å². The van der Waals surface area contributed by atoms with E-state index in [0.29, 0.717) is 31.2 Å². The second-order valence-electron chi connectivity index (χ2n) is 8.59. The number of nitrogens with one attached hydrogen (secondary N) is 1. The third-order valence-electron chi connectivity index (χ3n) is 5.87. The molecule has 0 radical (unpaired) electrons. The molecule has 1 atom stereocenters. The molecule has 0 bridgehead atoms. The van der Waals surface area contributed by atoms with Crippen molar-refractivity contribution in [3.8, 4) is 11.5 Å². The Morgan fingerprint density at radius 1 is 1.03 bits per heavy atom. The Bertz CT molecular complexity index is 1100. The van der Waals surface area contributed by atoms with Crippen LogP contribution in [0.3, 0.4) is 0 Å². The Balaban J connectivity index is 1.36. The fraction of sp³-hybridized carbons (Fsp3) is 0.435. The molecule has 2 aromatic rings. The van der Waals surface area contributed by atoms with Crippen LogP contribution in [0.1, 0.15) is 19.4 Å². The molecule has 2 aliphatic rings. The fourth-order valence-electron chi connectivity index (χ4n) is 3.94. The second-order valence-corrected chi connectivity index (χ2v) is 10.7. The Kier molecular flexibility index (Phi) is 7.13. The number of piperazine rings is 1. The largest absolute Gasteiger partial charge is 0.454 e. The molecule has 1 unspecified atom stereocenters. The molecule has 1 fully saturated rings. The van der Waals surface area contributed by atoms with E-state index >= 15 is 0 Å². The highest BCUT2D eigenvalue weighted by Crippen LogP contribution is 2.32. The van der Waals surface area contributed by atoms with Crippen LogP contribution in [0.15, 0.2) is 47.4 Å². The van der Waals surface area contributed by atoms with Crippen LogP contribution in [0.25, 0.3) is 0 Å². The maximum Gasteiger partial charge on any atom is 0.241 e. The Labute approximate surface area is 199 Å². The summed E-state index contributed by atoms with van der Waals surface area (Å²) in [5.41, 5.74) is 1.12. The fourth-order valence-corrected chi connectivity index (χ4v) is 5.40. The Morgan fingerprint density at radius 3 is 2.36 bits per heavy atom. The number of sulfonamides is 1. The van der Waals surface area contributed by atoms with Gasteiger partial charge in [0.2, 0.25) is 22.7 Å². The molecule has 1 amide bonds. The van der Waals surface area contributed by atoms with Gasteiger partial charge >= 0.3 is 0 Å². The predicted molar refractivity (Wildman–Crippen MR) is 125 cm³/mol. The van der Waals surface area contributed by atoms with Gasteiger partial charge in [-0.25, -0.2) is 8.42 Å². The van der Waals surface area contributed by atoms with Gasteiger partial charge in [-0.05, 0) is 47.9 Å². The number of hydrogen-bond acceptors (Lipinski definition) is 6. The van der Waals surface area contributed by atoms with Crippen molar-refractivity contribution >= 4 is 27.5 Å². The Morgan fingerprint density at radius 2 is 1.70 bits per heavy atom. The molecule has 178 valence electrons. The van der Waals surface area contributed by atoms with Crippen LogP contribution in [-0.4, -0.2) is 63.1 Å². The first-order chi connectivity index (χ1) is 15.7. The van der Waals surface area contributed by atoms with Gasteiger partial charge in [0.1, 0.15) is 6.04 Å². The minimum absolute atomic E-state index is 0.0823. The molecule has 2 heterocycles. The lowest BCUT2D eigenvalue weighted by atomic mass is 10.0. The van der Waals surface area contributed by atoms with Crippen molar-refractivity contribution in [2.24, 2.45) is 5.92 Å². The summed E-state index contributed by atoms with van der Waals surface area (Å²) in [5.74, 6) is 1.11. The summed E-state index contributed by atoms with van der Waals surface area (Å²) in [7, 11) is -3.85. The molecule has 0 aromatic heterocycles. The maximum atomic E-state index is 13.2. The summed E-state index contributed by atoms with van der Waals surface area (Å²) in [5, 5.41) is 0.448. The number of ether oxygens (including phenoxy) is 2. The predicted octanol–water partition coefficient (Wildman–Crippen LogP) is 2.72. The molecule has 33 heavy (non-hydrogen) atoms. The highest BCUT2D eigenvalue weighted by molar-refractivity contribution is 7.89. The first-order valence-corrected chi connectivity index (χ1v) is 12.8. The zero-order valence-electron chi connectivity index (χ0n) is 18.7. The van der Waals surface area contributed by atoms with E-state index in [4.69, 9.17) is 21.1 Å². The van der Waals surface area contributed by atoms with Crippen LogP contribution in [0, 0.1) is 5.92 Å². The average molecular weight is 494 g/mol. The van der Waals surface area contributed by atoms with Gasteiger partial charge in [-0.3, -0.25) is 9.69 Å². The minimum atomic E-state index is -3.85. The number of halogens is 1. The van der Waals surface area contributed by atoms with E-state index < -0.39 is 16.1 Å². The van der Waals surface area contributed by atoms with E-state index in [2.05, 4.69) is 9.62 Å². The molecule has 10 heteroatoms. The van der Waals surface area contributed by atoms with Gasteiger partial charge in [0, 0.05) is 37.7 Å². The van der Waals surface area contributed by atoms with Crippen molar-refractivity contribution in [3.05, 3.63) is 53.1 Å². The average Bonchev–Trinajstić information content (AvgIpc) is 3.26. The van der Waals surface area contributed by atoms with E-state index in [1.807, 2.05) is 32.0 Å². The number of benzene rings is 2. The lowest BCUT2D eigenvalue weighted by Gasteiger charge is -2.37. The summed E-state index contributed by atoms with van der Waals surface area (Å²) >= 11 is 5.87. The number of carbonyl (C=O) groups excluding carboxylic acids is 1. The topological polar surface area (TPSA) is 88.2 Å². The smallest absolute Gasteiger partial charge is 0.241 e. The van der Waals surface area contributed by atoms with E-state index in [1.54, 1.807) is 4.90 Å². The molecule has 2 aliphatic heterocycles. The number of carbonyl (C=O) groups is 1. The molecule has 4 rings (SSSR count). The second kappa shape index (κ2) is 9.89. The van der Waals surface area contributed by atoms with Crippen LogP contribution in [0.2, 0.25) is 5.02 Å². The maximum absolute atomic E-state index is 13.2. The van der Waals surface area contributed by atoms with Crippen molar-refractivity contribution in [3.63, 3.8) is 0 Å². The van der Waals surface area contributed by atoms with Gasteiger partial charge < -0.3 is 14.4 Å². The zero-order chi connectivity index (χ0) is 23.6. The van der Waals surface area contributed by atoms with Gasteiger partial charge in [0.25, 0.3) is 0 Å². The van der Waals surface area contributed by atoms with E-state index in [1.165, 1.54) is 24.3 Å². The third kappa shape index (κ3) is 5.60.